The number of benzene rings is 1. The zero-order valence-corrected chi connectivity index (χ0v) is 10.8. The number of hydrogen-bond acceptors (Lipinski definition) is 4. The standard InChI is InChI=1S/C13H17N3O3/c1-9-2-3-11(7-12(9)16(18)19)15-13(17)6-10-4-5-14-8-10/h2-3,7,10,14H,4-6,8H2,1H3,(H,15,17). The van der Waals surface area contributed by atoms with Gasteiger partial charge in [0.2, 0.25) is 5.91 Å². The van der Waals surface area contributed by atoms with E-state index >= 15 is 0 Å². The van der Waals surface area contributed by atoms with Crippen LogP contribution in [0.3, 0.4) is 0 Å². The van der Waals surface area contributed by atoms with Gasteiger partial charge in [-0.2, -0.15) is 0 Å². The molecule has 0 aromatic heterocycles. The summed E-state index contributed by atoms with van der Waals surface area (Å²) in [5.74, 6) is 0.271. The summed E-state index contributed by atoms with van der Waals surface area (Å²) in [7, 11) is 0. The van der Waals surface area contributed by atoms with Crippen LogP contribution in [0.25, 0.3) is 0 Å². The van der Waals surface area contributed by atoms with Crippen molar-refractivity contribution in [2.45, 2.75) is 19.8 Å². The Hall–Kier alpha value is -1.95. The molecule has 0 bridgehead atoms. The first-order valence-corrected chi connectivity index (χ1v) is 6.32. The van der Waals surface area contributed by atoms with Gasteiger partial charge in [-0.15, -0.1) is 0 Å². The molecule has 0 saturated carbocycles. The first-order chi connectivity index (χ1) is 9.06. The third kappa shape index (κ3) is 3.51. The van der Waals surface area contributed by atoms with E-state index in [4.69, 9.17) is 0 Å². The molecule has 1 aliphatic rings. The number of rotatable bonds is 4. The Morgan fingerprint density at radius 2 is 2.37 bits per heavy atom. The van der Waals surface area contributed by atoms with Crippen molar-refractivity contribution in [3.8, 4) is 0 Å². The average Bonchev–Trinajstić information content (AvgIpc) is 2.84. The molecular weight excluding hydrogens is 246 g/mol. The van der Waals surface area contributed by atoms with Crippen molar-refractivity contribution < 1.29 is 9.72 Å². The number of nitro groups is 1. The maximum absolute atomic E-state index is 11.8. The third-order valence-electron chi connectivity index (χ3n) is 3.33. The number of aryl methyl sites for hydroxylation is 1. The Kier molecular flexibility index (Phi) is 4.11. The summed E-state index contributed by atoms with van der Waals surface area (Å²) < 4.78 is 0. The zero-order chi connectivity index (χ0) is 13.8. The van der Waals surface area contributed by atoms with Gasteiger partial charge in [-0.25, -0.2) is 0 Å². The number of amides is 1. The Morgan fingerprint density at radius 1 is 1.58 bits per heavy atom. The minimum absolute atomic E-state index is 0.0281. The fourth-order valence-electron chi connectivity index (χ4n) is 2.25. The van der Waals surface area contributed by atoms with Crippen molar-refractivity contribution >= 4 is 17.3 Å². The molecule has 1 fully saturated rings. The molecule has 2 N–H and O–H groups in total. The number of hydrogen-bond donors (Lipinski definition) is 2. The van der Waals surface area contributed by atoms with E-state index in [9.17, 15) is 14.9 Å². The second-order valence-corrected chi connectivity index (χ2v) is 4.87. The van der Waals surface area contributed by atoms with E-state index in [2.05, 4.69) is 10.6 Å². The van der Waals surface area contributed by atoms with Crippen LogP contribution < -0.4 is 10.6 Å². The third-order valence-corrected chi connectivity index (χ3v) is 3.33. The largest absolute Gasteiger partial charge is 0.326 e. The van der Waals surface area contributed by atoms with Gasteiger partial charge in [0.15, 0.2) is 0 Å². The van der Waals surface area contributed by atoms with Crippen LogP contribution in [0, 0.1) is 23.0 Å². The van der Waals surface area contributed by atoms with E-state index in [-0.39, 0.29) is 11.6 Å². The fraction of sp³-hybridized carbons (Fsp3) is 0.462. The molecule has 1 aromatic rings. The number of anilines is 1. The van der Waals surface area contributed by atoms with Gasteiger partial charge in [0.25, 0.3) is 5.69 Å². The van der Waals surface area contributed by atoms with Crippen molar-refractivity contribution in [3.05, 3.63) is 33.9 Å². The van der Waals surface area contributed by atoms with Crippen molar-refractivity contribution in [1.29, 1.82) is 0 Å². The fourth-order valence-corrected chi connectivity index (χ4v) is 2.25. The van der Waals surface area contributed by atoms with Gasteiger partial charge in [-0.1, -0.05) is 6.07 Å². The molecule has 1 unspecified atom stereocenters. The molecule has 102 valence electrons. The van der Waals surface area contributed by atoms with Crippen molar-refractivity contribution in [1.82, 2.24) is 5.32 Å². The number of nitro benzene ring substituents is 1. The van der Waals surface area contributed by atoms with E-state index in [1.165, 1.54) is 6.07 Å². The zero-order valence-electron chi connectivity index (χ0n) is 10.8. The van der Waals surface area contributed by atoms with Gasteiger partial charge < -0.3 is 10.6 Å². The van der Waals surface area contributed by atoms with Crippen molar-refractivity contribution in [2.75, 3.05) is 18.4 Å². The highest BCUT2D eigenvalue weighted by Crippen LogP contribution is 2.23. The molecule has 0 radical (unpaired) electrons. The van der Waals surface area contributed by atoms with Gasteiger partial charge in [-0.3, -0.25) is 14.9 Å². The van der Waals surface area contributed by atoms with E-state index in [1.54, 1.807) is 19.1 Å². The minimum atomic E-state index is -0.439. The second kappa shape index (κ2) is 5.79. The first-order valence-electron chi connectivity index (χ1n) is 6.32. The average molecular weight is 263 g/mol. The lowest BCUT2D eigenvalue weighted by atomic mass is 10.0. The van der Waals surface area contributed by atoms with Gasteiger partial charge >= 0.3 is 0 Å². The molecule has 1 saturated heterocycles. The van der Waals surface area contributed by atoms with Crippen LogP contribution in [0.5, 0.6) is 0 Å². The van der Waals surface area contributed by atoms with E-state index in [0.717, 1.165) is 19.5 Å². The number of nitrogens with one attached hydrogen (secondary N) is 2. The van der Waals surface area contributed by atoms with Gasteiger partial charge in [-0.05, 0) is 38.4 Å². The first kappa shape index (κ1) is 13.5. The second-order valence-electron chi connectivity index (χ2n) is 4.87. The summed E-state index contributed by atoms with van der Waals surface area (Å²) in [5, 5.41) is 16.7. The Morgan fingerprint density at radius 3 is 3.00 bits per heavy atom. The molecule has 1 aliphatic heterocycles. The van der Waals surface area contributed by atoms with Crippen molar-refractivity contribution in [2.24, 2.45) is 5.92 Å². The molecule has 0 aliphatic carbocycles. The van der Waals surface area contributed by atoms with E-state index in [0.29, 0.717) is 23.6 Å². The van der Waals surface area contributed by atoms with Crippen LogP contribution in [0.15, 0.2) is 18.2 Å². The molecule has 19 heavy (non-hydrogen) atoms. The number of carbonyl (C=O) groups excluding carboxylic acids is 1. The molecule has 0 spiro atoms. The molecule has 1 aromatic carbocycles. The normalized spacial score (nSPS) is 18.3. The van der Waals surface area contributed by atoms with Gasteiger partial charge in [0.1, 0.15) is 0 Å². The predicted octanol–water partition coefficient (Wildman–Crippen LogP) is 1.84. The Balaban J connectivity index is 2.00. The van der Waals surface area contributed by atoms with Crippen LogP contribution in [-0.2, 0) is 4.79 Å². The maximum atomic E-state index is 11.8. The van der Waals surface area contributed by atoms with Crippen LogP contribution in [0.2, 0.25) is 0 Å². The molecular formula is C13H17N3O3. The smallest absolute Gasteiger partial charge is 0.274 e. The molecule has 6 nitrogen and oxygen atoms in total. The molecule has 2 rings (SSSR count). The van der Waals surface area contributed by atoms with Crippen LogP contribution >= 0.6 is 0 Å². The van der Waals surface area contributed by atoms with Gasteiger partial charge in [0.05, 0.1) is 4.92 Å². The lowest BCUT2D eigenvalue weighted by molar-refractivity contribution is -0.385. The Bertz CT molecular complexity index is 496. The topological polar surface area (TPSA) is 84.3 Å². The molecule has 1 amide bonds. The van der Waals surface area contributed by atoms with E-state index < -0.39 is 4.92 Å². The summed E-state index contributed by atoms with van der Waals surface area (Å²) >= 11 is 0. The predicted molar refractivity (Wildman–Crippen MR) is 72.1 cm³/mol. The van der Waals surface area contributed by atoms with Crippen LogP contribution in [-0.4, -0.2) is 23.9 Å². The molecule has 1 heterocycles. The van der Waals surface area contributed by atoms with Gasteiger partial charge in [0, 0.05) is 23.7 Å². The number of carbonyl (C=O) groups is 1. The summed E-state index contributed by atoms with van der Waals surface area (Å²) in [6.45, 7) is 3.49. The molecule has 1 atom stereocenters. The summed E-state index contributed by atoms with van der Waals surface area (Å²) in [4.78, 5) is 22.2. The maximum Gasteiger partial charge on any atom is 0.274 e. The minimum Gasteiger partial charge on any atom is -0.326 e. The monoisotopic (exact) mass is 263 g/mol. The SMILES string of the molecule is Cc1ccc(NC(=O)CC2CCNC2)cc1[N+](=O)[O-]. The van der Waals surface area contributed by atoms with Crippen LogP contribution in [0.1, 0.15) is 18.4 Å². The highest BCUT2D eigenvalue weighted by atomic mass is 16.6. The summed E-state index contributed by atoms with van der Waals surface area (Å²) in [6.07, 6.45) is 1.45. The summed E-state index contributed by atoms with van der Waals surface area (Å²) in [6, 6.07) is 4.73. The van der Waals surface area contributed by atoms with Crippen LogP contribution in [0.4, 0.5) is 11.4 Å². The van der Waals surface area contributed by atoms with Crippen molar-refractivity contribution in [3.63, 3.8) is 0 Å². The lowest BCUT2D eigenvalue weighted by Crippen LogP contribution is -2.18. The highest BCUT2D eigenvalue weighted by Gasteiger charge is 2.18. The Labute approximate surface area is 111 Å². The highest BCUT2D eigenvalue weighted by molar-refractivity contribution is 5.91. The van der Waals surface area contributed by atoms with E-state index in [1.807, 2.05) is 0 Å². The molecule has 6 heteroatoms. The summed E-state index contributed by atoms with van der Waals surface area (Å²) in [5.41, 5.74) is 1.09. The lowest BCUT2D eigenvalue weighted by Gasteiger charge is -2.09. The number of nitrogens with zero attached hydrogens (tertiary/aromatic N) is 1. The quantitative estimate of drug-likeness (QED) is 0.641.